The molecule has 1 aliphatic rings. The van der Waals surface area contributed by atoms with E-state index < -0.39 is 6.04 Å². The molecule has 206 valence electrons. The summed E-state index contributed by atoms with van der Waals surface area (Å²) in [6.45, 7) is 2.29. The second-order valence-corrected chi connectivity index (χ2v) is 11.3. The highest BCUT2D eigenvalue weighted by molar-refractivity contribution is 6.36. The van der Waals surface area contributed by atoms with Gasteiger partial charge in [-0.25, -0.2) is 0 Å². The van der Waals surface area contributed by atoms with Gasteiger partial charge in [-0.05, 0) is 54.5 Å². The Balaban J connectivity index is 1.63. The van der Waals surface area contributed by atoms with Crippen molar-refractivity contribution in [1.29, 1.82) is 0 Å². The van der Waals surface area contributed by atoms with Crippen LogP contribution in [0.3, 0.4) is 0 Å². The Labute approximate surface area is 242 Å². The summed E-state index contributed by atoms with van der Waals surface area (Å²) in [5, 5.41) is 4.25. The topological polar surface area (TPSA) is 49.4 Å². The van der Waals surface area contributed by atoms with Crippen LogP contribution in [0.25, 0.3) is 0 Å². The Morgan fingerprint density at radius 3 is 2.13 bits per heavy atom. The highest BCUT2D eigenvalue weighted by atomic mass is 35.5. The van der Waals surface area contributed by atoms with E-state index in [1.165, 1.54) is 12.0 Å². The number of hydrogen-bond acceptors (Lipinski definition) is 2. The fourth-order valence-corrected chi connectivity index (χ4v) is 5.81. The van der Waals surface area contributed by atoms with Crippen LogP contribution in [0.5, 0.6) is 0 Å². The lowest BCUT2D eigenvalue weighted by Crippen LogP contribution is -2.53. The number of benzene rings is 3. The standard InChI is InChI=1S/C33H38Cl2N2O2/c1-2-24-16-18-25(19-17-24)20-21-32(38)37(23-28-29(34)14-9-15-30(28)35)31(22-26-10-5-3-6-11-26)33(39)36-27-12-7-4-8-13-27/h3,5-6,9-11,14-19,27,31H,2,4,7-8,12-13,20-23H2,1H3,(H,36,39). The molecule has 1 fully saturated rings. The van der Waals surface area contributed by atoms with Crippen molar-refractivity contribution in [2.45, 2.75) is 83.3 Å². The number of nitrogens with zero attached hydrogens (tertiary/aromatic N) is 1. The third-order valence-electron chi connectivity index (χ3n) is 7.67. The van der Waals surface area contributed by atoms with E-state index in [9.17, 15) is 9.59 Å². The average molecular weight is 566 g/mol. The summed E-state index contributed by atoms with van der Waals surface area (Å²) in [6, 6.07) is 23.1. The Kier molecular flexibility index (Phi) is 10.9. The number of nitrogens with one attached hydrogen (secondary N) is 1. The van der Waals surface area contributed by atoms with Crippen LogP contribution in [0.2, 0.25) is 10.0 Å². The van der Waals surface area contributed by atoms with E-state index in [0.29, 0.717) is 28.5 Å². The minimum absolute atomic E-state index is 0.0923. The van der Waals surface area contributed by atoms with E-state index in [0.717, 1.165) is 43.2 Å². The van der Waals surface area contributed by atoms with Crippen molar-refractivity contribution in [3.63, 3.8) is 0 Å². The van der Waals surface area contributed by atoms with Gasteiger partial charge in [-0.3, -0.25) is 9.59 Å². The molecule has 1 unspecified atom stereocenters. The zero-order chi connectivity index (χ0) is 27.6. The fourth-order valence-electron chi connectivity index (χ4n) is 5.29. The van der Waals surface area contributed by atoms with E-state index >= 15 is 0 Å². The van der Waals surface area contributed by atoms with Crippen molar-refractivity contribution in [3.8, 4) is 0 Å². The molecule has 1 atom stereocenters. The molecular formula is C33H38Cl2N2O2. The van der Waals surface area contributed by atoms with Gasteiger partial charge in [-0.1, -0.05) is 110 Å². The van der Waals surface area contributed by atoms with Gasteiger partial charge >= 0.3 is 0 Å². The van der Waals surface area contributed by atoms with Crippen molar-refractivity contribution in [1.82, 2.24) is 10.2 Å². The van der Waals surface area contributed by atoms with Gasteiger partial charge in [0, 0.05) is 41.0 Å². The zero-order valence-corrected chi connectivity index (χ0v) is 24.2. The Morgan fingerprint density at radius 1 is 0.846 bits per heavy atom. The monoisotopic (exact) mass is 564 g/mol. The number of amides is 2. The van der Waals surface area contributed by atoms with Gasteiger partial charge in [0.15, 0.2) is 0 Å². The minimum Gasteiger partial charge on any atom is -0.352 e. The molecule has 2 amide bonds. The van der Waals surface area contributed by atoms with Crippen molar-refractivity contribution in [2.75, 3.05) is 0 Å². The number of aryl methyl sites for hydroxylation is 2. The largest absolute Gasteiger partial charge is 0.352 e. The summed E-state index contributed by atoms with van der Waals surface area (Å²) in [4.78, 5) is 29.5. The third-order valence-corrected chi connectivity index (χ3v) is 8.38. The Morgan fingerprint density at radius 2 is 1.49 bits per heavy atom. The second-order valence-electron chi connectivity index (χ2n) is 10.4. The number of carbonyl (C=O) groups is 2. The van der Waals surface area contributed by atoms with Crippen molar-refractivity contribution < 1.29 is 9.59 Å². The van der Waals surface area contributed by atoms with E-state index in [1.54, 1.807) is 23.1 Å². The summed E-state index contributed by atoms with van der Waals surface area (Å²) in [7, 11) is 0. The van der Waals surface area contributed by atoms with Crippen LogP contribution in [-0.4, -0.2) is 28.8 Å². The predicted octanol–water partition coefficient (Wildman–Crippen LogP) is 7.58. The number of carbonyl (C=O) groups excluding carboxylic acids is 2. The molecule has 1 N–H and O–H groups in total. The van der Waals surface area contributed by atoms with Crippen LogP contribution in [0, 0.1) is 0 Å². The molecule has 3 aromatic carbocycles. The maximum Gasteiger partial charge on any atom is 0.243 e. The molecule has 0 bridgehead atoms. The lowest BCUT2D eigenvalue weighted by Gasteiger charge is -2.34. The number of hydrogen-bond donors (Lipinski definition) is 1. The summed E-state index contributed by atoms with van der Waals surface area (Å²) in [6.07, 6.45) is 7.65. The van der Waals surface area contributed by atoms with Gasteiger partial charge in [0.1, 0.15) is 6.04 Å². The predicted molar refractivity (Wildman–Crippen MR) is 160 cm³/mol. The molecule has 1 aliphatic carbocycles. The smallest absolute Gasteiger partial charge is 0.243 e. The van der Waals surface area contributed by atoms with Gasteiger partial charge in [0.05, 0.1) is 0 Å². The van der Waals surface area contributed by atoms with Crippen LogP contribution in [0.4, 0.5) is 0 Å². The van der Waals surface area contributed by atoms with Crippen molar-refractivity contribution in [2.24, 2.45) is 0 Å². The summed E-state index contributed by atoms with van der Waals surface area (Å²) >= 11 is 13.1. The van der Waals surface area contributed by atoms with Gasteiger partial charge in [-0.15, -0.1) is 0 Å². The molecular weight excluding hydrogens is 527 g/mol. The van der Waals surface area contributed by atoms with Crippen LogP contribution in [0.15, 0.2) is 72.8 Å². The molecule has 0 aliphatic heterocycles. The number of rotatable bonds is 11. The quantitative estimate of drug-likeness (QED) is 0.261. The minimum atomic E-state index is -0.684. The Hall–Kier alpha value is -2.82. The SMILES string of the molecule is CCc1ccc(CCC(=O)N(Cc2c(Cl)cccc2Cl)C(Cc2ccccc2)C(=O)NC2CCCCC2)cc1. The average Bonchev–Trinajstić information content (AvgIpc) is 2.96. The molecule has 3 aromatic rings. The summed E-state index contributed by atoms with van der Waals surface area (Å²) in [5.74, 6) is -0.208. The molecule has 4 nitrogen and oxygen atoms in total. The van der Waals surface area contributed by atoms with Crippen molar-refractivity contribution >= 4 is 35.0 Å². The van der Waals surface area contributed by atoms with Gasteiger partial charge < -0.3 is 10.2 Å². The lowest BCUT2D eigenvalue weighted by atomic mass is 9.94. The molecule has 6 heteroatoms. The first-order valence-corrected chi connectivity index (χ1v) is 14.8. The van der Waals surface area contributed by atoms with E-state index in [1.807, 2.05) is 30.3 Å². The van der Waals surface area contributed by atoms with Crippen molar-refractivity contribution in [3.05, 3.63) is 105 Å². The maximum atomic E-state index is 14.0. The first-order valence-electron chi connectivity index (χ1n) is 14.1. The van der Waals surface area contributed by atoms with Gasteiger partial charge in [0.2, 0.25) is 11.8 Å². The first-order chi connectivity index (χ1) is 18.9. The summed E-state index contributed by atoms with van der Waals surface area (Å²) in [5.41, 5.74) is 4.02. The molecule has 4 rings (SSSR count). The molecule has 0 aromatic heterocycles. The Bertz CT molecular complexity index is 1200. The molecule has 0 heterocycles. The van der Waals surface area contributed by atoms with Crippen LogP contribution >= 0.6 is 23.2 Å². The van der Waals surface area contributed by atoms with E-state index in [2.05, 4.69) is 36.5 Å². The summed E-state index contributed by atoms with van der Waals surface area (Å²) < 4.78 is 0. The normalized spacial score (nSPS) is 14.5. The van der Waals surface area contributed by atoms with Crippen LogP contribution in [-0.2, 0) is 35.4 Å². The van der Waals surface area contributed by atoms with Crippen LogP contribution < -0.4 is 5.32 Å². The molecule has 39 heavy (non-hydrogen) atoms. The van der Waals surface area contributed by atoms with Crippen LogP contribution in [0.1, 0.15) is 67.7 Å². The molecule has 0 saturated heterocycles. The van der Waals surface area contributed by atoms with E-state index in [4.69, 9.17) is 23.2 Å². The molecule has 1 saturated carbocycles. The highest BCUT2D eigenvalue weighted by Crippen LogP contribution is 2.28. The third kappa shape index (κ3) is 8.33. The first kappa shape index (κ1) is 29.2. The van der Waals surface area contributed by atoms with E-state index in [-0.39, 0.29) is 30.8 Å². The molecule has 0 radical (unpaired) electrons. The highest BCUT2D eigenvalue weighted by Gasteiger charge is 2.32. The lowest BCUT2D eigenvalue weighted by molar-refractivity contribution is -0.141. The zero-order valence-electron chi connectivity index (χ0n) is 22.7. The van der Waals surface area contributed by atoms with Gasteiger partial charge in [-0.2, -0.15) is 0 Å². The fraction of sp³-hybridized carbons (Fsp3) is 0.394. The number of halogens is 2. The maximum absolute atomic E-state index is 14.0. The second kappa shape index (κ2) is 14.5. The van der Waals surface area contributed by atoms with Gasteiger partial charge in [0.25, 0.3) is 0 Å². The molecule has 0 spiro atoms.